The van der Waals surface area contributed by atoms with Crippen molar-refractivity contribution in [3.63, 3.8) is 0 Å². The Morgan fingerprint density at radius 2 is 1.73 bits per heavy atom. The molecule has 3 unspecified atom stereocenters. The van der Waals surface area contributed by atoms with Crippen molar-refractivity contribution in [1.82, 2.24) is 9.80 Å². The molecule has 0 radical (unpaired) electrons. The molecule has 3 heteroatoms. The van der Waals surface area contributed by atoms with Gasteiger partial charge in [0, 0.05) is 25.2 Å². The number of likely N-dealkylation sites (tertiary alicyclic amines) is 1. The minimum absolute atomic E-state index is 0.778. The summed E-state index contributed by atoms with van der Waals surface area (Å²) in [7, 11) is 0. The van der Waals surface area contributed by atoms with Gasteiger partial charge in [-0.3, -0.25) is 9.80 Å². The lowest BCUT2D eigenvalue weighted by Gasteiger charge is -2.29. The summed E-state index contributed by atoms with van der Waals surface area (Å²) in [4.78, 5) is 5.44. The zero-order chi connectivity index (χ0) is 10.3. The largest absolute Gasteiger partial charge is 0.330 e. The number of hydrogen-bond acceptors (Lipinski definition) is 3. The van der Waals surface area contributed by atoms with E-state index in [9.17, 15) is 0 Å². The second-order valence-electron chi connectivity index (χ2n) is 5.49. The van der Waals surface area contributed by atoms with Gasteiger partial charge >= 0.3 is 0 Å². The van der Waals surface area contributed by atoms with Gasteiger partial charge in [-0.25, -0.2) is 0 Å². The van der Waals surface area contributed by atoms with Crippen LogP contribution < -0.4 is 5.73 Å². The predicted molar refractivity (Wildman–Crippen MR) is 61.7 cm³/mol. The Labute approximate surface area is 92.6 Å². The van der Waals surface area contributed by atoms with Gasteiger partial charge < -0.3 is 5.73 Å². The van der Waals surface area contributed by atoms with Gasteiger partial charge in [-0.05, 0) is 51.2 Å². The molecule has 3 aliphatic heterocycles. The summed E-state index contributed by atoms with van der Waals surface area (Å²) >= 11 is 0. The van der Waals surface area contributed by atoms with E-state index in [4.69, 9.17) is 5.73 Å². The minimum atomic E-state index is 0.778. The molecule has 0 aromatic rings. The highest BCUT2D eigenvalue weighted by molar-refractivity contribution is 4.98. The minimum Gasteiger partial charge on any atom is -0.330 e. The van der Waals surface area contributed by atoms with E-state index in [0.717, 1.165) is 24.5 Å². The standard InChI is InChI=1S/C12H23N3/c13-8-10-3-6-15(9-10)12-4-7-14-5-1-2-11(12)14/h10-12H,1-9,13H2. The third kappa shape index (κ3) is 1.71. The molecule has 0 aromatic carbocycles. The zero-order valence-corrected chi connectivity index (χ0v) is 9.57. The number of hydrogen-bond donors (Lipinski definition) is 1. The molecule has 0 aromatic heterocycles. The average molecular weight is 209 g/mol. The Bertz CT molecular complexity index is 231. The van der Waals surface area contributed by atoms with Crippen LogP contribution >= 0.6 is 0 Å². The van der Waals surface area contributed by atoms with Gasteiger partial charge in [-0.2, -0.15) is 0 Å². The Morgan fingerprint density at radius 3 is 2.53 bits per heavy atom. The van der Waals surface area contributed by atoms with Crippen LogP contribution in [0.4, 0.5) is 0 Å². The molecular weight excluding hydrogens is 186 g/mol. The molecule has 0 saturated carbocycles. The lowest BCUT2D eigenvalue weighted by molar-refractivity contribution is 0.187. The van der Waals surface area contributed by atoms with Crippen molar-refractivity contribution in [1.29, 1.82) is 0 Å². The summed E-state index contributed by atoms with van der Waals surface area (Å²) in [6.45, 7) is 6.16. The van der Waals surface area contributed by atoms with Crippen molar-refractivity contribution in [2.45, 2.75) is 37.8 Å². The van der Waals surface area contributed by atoms with Crippen LogP contribution in [0, 0.1) is 5.92 Å². The fourth-order valence-corrected chi connectivity index (χ4v) is 3.84. The van der Waals surface area contributed by atoms with Crippen molar-refractivity contribution >= 4 is 0 Å². The van der Waals surface area contributed by atoms with E-state index in [1.54, 1.807) is 0 Å². The molecule has 3 nitrogen and oxygen atoms in total. The molecule has 0 aliphatic carbocycles. The summed E-state index contributed by atoms with van der Waals surface area (Å²) in [5.41, 5.74) is 5.76. The zero-order valence-electron chi connectivity index (χ0n) is 9.57. The second-order valence-corrected chi connectivity index (χ2v) is 5.49. The van der Waals surface area contributed by atoms with E-state index in [0.29, 0.717) is 0 Å². The molecule has 3 atom stereocenters. The van der Waals surface area contributed by atoms with Crippen molar-refractivity contribution in [2.24, 2.45) is 11.7 Å². The fourth-order valence-electron chi connectivity index (χ4n) is 3.84. The van der Waals surface area contributed by atoms with Gasteiger partial charge in [0.2, 0.25) is 0 Å². The molecule has 3 fully saturated rings. The Kier molecular flexibility index (Phi) is 2.71. The molecule has 3 saturated heterocycles. The quantitative estimate of drug-likeness (QED) is 0.719. The van der Waals surface area contributed by atoms with Crippen LogP contribution in [-0.4, -0.2) is 54.6 Å². The van der Waals surface area contributed by atoms with E-state index in [1.165, 1.54) is 51.9 Å². The van der Waals surface area contributed by atoms with Crippen molar-refractivity contribution in [3.8, 4) is 0 Å². The summed E-state index contributed by atoms with van der Waals surface area (Å²) < 4.78 is 0. The first kappa shape index (κ1) is 10.1. The van der Waals surface area contributed by atoms with Crippen molar-refractivity contribution in [3.05, 3.63) is 0 Å². The number of fused-ring (bicyclic) bond motifs is 1. The maximum absolute atomic E-state index is 5.76. The van der Waals surface area contributed by atoms with Gasteiger partial charge in [0.15, 0.2) is 0 Å². The smallest absolute Gasteiger partial charge is 0.0263 e. The first-order valence-corrected chi connectivity index (χ1v) is 6.56. The first-order chi connectivity index (χ1) is 7.38. The van der Waals surface area contributed by atoms with Crippen LogP contribution in [0.1, 0.15) is 25.7 Å². The molecule has 0 amide bonds. The Morgan fingerprint density at radius 1 is 0.933 bits per heavy atom. The maximum Gasteiger partial charge on any atom is 0.0263 e. The molecule has 3 heterocycles. The average Bonchev–Trinajstić information content (AvgIpc) is 2.92. The summed E-state index contributed by atoms with van der Waals surface area (Å²) in [5, 5.41) is 0. The summed E-state index contributed by atoms with van der Waals surface area (Å²) in [6, 6.07) is 1.76. The SMILES string of the molecule is NCC1CCN(C2CCN3CCCC23)C1. The molecule has 3 aliphatic rings. The molecule has 15 heavy (non-hydrogen) atoms. The lowest BCUT2D eigenvalue weighted by Crippen LogP contribution is -2.41. The van der Waals surface area contributed by atoms with Crippen LogP contribution in [0.3, 0.4) is 0 Å². The predicted octanol–water partition coefficient (Wildman–Crippen LogP) is 0.504. The number of rotatable bonds is 2. The third-order valence-electron chi connectivity index (χ3n) is 4.69. The van der Waals surface area contributed by atoms with Crippen molar-refractivity contribution in [2.75, 3.05) is 32.7 Å². The van der Waals surface area contributed by atoms with Crippen molar-refractivity contribution < 1.29 is 0 Å². The molecular formula is C12H23N3. The first-order valence-electron chi connectivity index (χ1n) is 6.56. The molecule has 0 spiro atoms. The second kappa shape index (κ2) is 4.04. The molecule has 3 rings (SSSR count). The van der Waals surface area contributed by atoms with Gasteiger partial charge in [-0.15, -0.1) is 0 Å². The van der Waals surface area contributed by atoms with Crippen LogP contribution in [0.15, 0.2) is 0 Å². The van der Waals surface area contributed by atoms with Crippen LogP contribution in [-0.2, 0) is 0 Å². The van der Waals surface area contributed by atoms with Gasteiger partial charge in [0.05, 0.1) is 0 Å². The Hall–Kier alpha value is -0.120. The van der Waals surface area contributed by atoms with E-state index in [2.05, 4.69) is 9.80 Å². The van der Waals surface area contributed by atoms with Crippen LogP contribution in [0.2, 0.25) is 0 Å². The monoisotopic (exact) mass is 209 g/mol. The number of nitrogens with two attached hydrogens (primary N) is 1. The van der Waals surface area contributed by atoms with E-state index in [-0.39, 0.29) is 0 Å². The topological polar surface area (TPSA) is 32.5 Å². The molecule has 86 valence electrons. The summed E-state index contributed by atoms with van der Waals surface area (Å²) in [6.07, 6.45) is 5.60. The number of nitrogens with zero attached hydrogens (tertiary/aromatic N) is 2. The normalized spacial score (nSPS) is 42.6. The highest BCUT2D eigenvalue weighted by Crippen LogP contribution is 2.33. The molecule has 2 N–H and O–H groups in total. The Balaban J connectivity index is 1.63. The highest BCUT2D eigenvalue weighted by atomic mass is 15.3. The van der Waals surface area contributed by atoms with Gasteiger partial charge in [-0.1, -0.05) is 0 Å². The van der Waals surface area contributed by atoms with Gasteiger partial charge in [0.1, 0.15) is 0 Å². The third-order valence-corrected chi connectivity index (χ3v) is 4.69. The van der Waals surface area contributed by atoms with Crippen LogP contribution in [0.5, 0.6) is 0 Å². The summed E-state index contributed by atoms with van der Waals surface area (Å²) in [5.74, 6) is 0.778. The fraction of sp³-hybridized carbons (Fsp3) is 1.00. The van der Waals surface area contributed by atoms with E-state index in [1.807, 2.05) is 0 Å². The van der Waals surface area contributed by atoms with Gasteiger partial charge in [0.25, 0.3) is 0 Å². The lowest BCUT2D eigenvalue weighted by atomic mass is 10.1. The van der Waals surface area contributed by atoms with Crippen LogP contribution in [0.25, 0.3) is 0 Å². The van der Waals surface area contributed by atoms with E-state index < -0.39 is 0 Å². The maximum atomic E-state index is 5.76. The van der Waals surface area contributed by atoms with E-state index >= 15 is 0 Å². The highest BCUT2D eigenvalue weighted by Gasteiger charge is 2.41. The molecule has 0 bridgehead atoms.